The van der Waals surface area contributed by atoms with Crippen molar-refractivity contribution in [2.45, 2.75) is 26.3 Å². The van der Waals surface area contributed by atoms with E-state index in [-0.39, 0.29) is 12.6 Å². The van der Waals surface area contributed by atoms with Crippen molar-refractivity contribution in [3.63, 3.8) is 0 Å². The number of ether oxygens (including phenoxy) is 1. The van der Waals surface area contributed by atoms with Crippen LogP contribution in [0.2, 0.25) is 0 Å². The van der Waals surface area contributed by atoms with Gasteiger partial charge in [0, 0.05) is 19.9 Å². The average molecular weight is 225 g/mol. The van der Waals surface area contributed by atoms with Crippen LogP contribution in [0.3, 0.4) is 0 Å². The highest BCUT2D eigenvalue weighted by atomic mass is 16.5. The number of aromatic nitrogens is 2. The highest BCUT2D eigenvalue weighted by Gasteiger charge is 2.10. The largest absolute Gasteiger partial charge is 0.396 e. The second-order valence-corrected chi connectivity index (χ2v) is 3.75. The van der Waals surface area contributed by atoms with Crippen LogP contribution >= 0.6 is 0 Å². The van der Waals surface area contributed by atoms with Crippen molar-refractivity contribution in [1.29, 1.82) is 0 Å². The predicted octanol–water partition coefficient (Wildman–Crippen LogP) is 0.903. The predicted molar refractivity (Wildman–Crippen MR) is 62.5 cm³/mol. The highest BCUT2D eigenvalue weighted by Crippen LogP contribution is 2.11. The van der Waals surface area contributed by atoms with Gasteiger partial charge in [-0.2, -0.15) is 0 Å². The molecule has 2 N–H and O–H groups in total. The third-order valence-corrected chi connectivity index (χ3v) is 2.26. The Labute approximate surface area is 95.9 Å². The third kappa shape index (κ3) is 3.75. The lowest BCUT2D eigenvalue weighted by Crippen LogP contribution is -2.27. The standard InChI is InChI=1S/C11H19N3O2/c1-8-6-12-9(2)11(13-8)14-10(4-5-15)7-16-3/h6,10,15H,4-5,7H2,1-3H3,(H,13,14). The van der Waals surface area contributed by atoms with Gasteiger partial charge in [-0.15, -0.1) is 0 Å². The number of nitrogens with one attached hydrogen (secondary N) is 1. The zero-order chi connectivity index (χ0) is 12.0. The number of methoxy groups -OCH3 is 1. The van der Waals surface area contributed by atoms with Crippen molar-refractivity contribution in [1.82, 2.24) is 9.97 Å². The Kier molecular flexibility index (Phi) is 5.14. The summed E-state index contributed by atoms with van der Waals surface area (Å²) in [5, 5.41) is 12.2. The van der Waals surface area contributed by atoms with Gasteiger partial charge in [0.25, 0.3) is 0 Å². The second-order valence-electron chi connectivity index (χ2n) is 3.75. The molecule has 1 aromatic rings. The van der Waals surface area contributed by atoms with Crippen LogP contribution < -0.4 is 5.32 Å². The summed E-state index contributed by atoms with van der Waals surface area (Å²) in [7, 11) is 1.64. The summed E-state index contributed by atoms with van der Waals surface area (Å²) in [5.41, 5.74) is 1.72. The fourth-order valence-electron chi connectivity index (χ4n) is 1.42. The first-order valence-electron chi connectivity index (χ1n) is 5.34. The van der Waals surface area contributed by atoms with Gasteiger partial charge in [0.05, 0.1) is 24.0 Å². The maximum Gasteiger partial charge on any atom is 0.148 e. The molecule has 5 heteroatoms. The van der Waals surface area contributed by atoms with E-state index in [2.05, 4.69) is 15.3 Å². The Bertz CT molecular complexity index is 325. The molecule has 0 aliphatic heterocycles. The minimum absolute atomic E-state index is 0.0600. The molecule has 1 aromatic heterocycles. The van der Waals surface area contributed by atoms with E-state index < -0.39 is 0 Å². The summed E-state index contributed by atoms with van der Waals surface area (Å²) in [4.78, 5) is 8.59. The van der Waals surface area contributed by atoms with Crippen LogP contribution in [-0.4, -0.2) is 41.4 Å². The molecule has 0 fully saturated rings. The molecule has 0 spiro atoms. The lowest BCUT2D eigenvalue weighted by Gasteiger charge is -2.18. The molecule has 0 aliphatic carbocycles. The smallest absolute Gasteiger partial charge is 0.148 e. The number of aliphatic hydroxyl groups excluding tert-OH is 1. The van der Waals surface area contributed by atoms with Crippen molar-refractivity contribution in [2.75, 3.05) is 25.6 Å². The maximum absolute atomic E-state index is 8.93. The van der Waals surface area contributed by atoms with E-state index >= 15 is 0 Å². The molecule has 1 heterocycles. The molecule has 0 aromatic carbocycles. The SMILES string of the molecule is COCC(CCO)Nc1nc(C)cnc1C. The van der Waals surface area contributed by atoms with Gasteiger partial charge in [-0.05, 0) is 20.3 Å². The van der Waals surface area contributed by atoms with Crippen molar-refractivity contribution >= 4 is 5.82 Å². The van der Waals surface area contributed by atoms with Gasteiger partial charge in [0.2, 0.25) is 0 Å². The van der Waals surface area contributed by atoms with E-state index in [0.717, 1.165) is 17.2 Å². The fraction of sp³-hybridized carbons (Fsp3) is 0.636. The Morgan fingerprint density at radius 2 is 2.25 bits per heavy atom. The summed E-state index contributed by atoms with van der Waals surface area (Å²) in [6.45, 7) is 4.46. The Hall–Kier alpha value is -1.20. The zero-order valence-corrected chi connectivity index (χ0v) is 10.0. The van der Waals surface area contributed by atoms with Crippen molar-refractivity contribution in [3.8, 4) is 0 Å². The second kappa shape index (κ2) is 6.40. The Balaban J connectivity index is 2.71. The molecule has 0 radical (unpaired) electrons. The Morgan fingerprint density at radius 1 is 1.50 bits per heavy atom. The molecule has 0 bridgehead atoms. The van der Waals surface area contributed by atoms with Crippen LogP contribution in [0.4, 0.5) is 5.82 Å². The molecule has 1 rings (SSSR count). The first-order chi connectivity index (χ1) is 7.67. The topological polar surface area (TPSA) is 67.3 Å². The molecule has 1 unspecified atom stereocenters. The van der Waals surface area contributed by atoms with Crippen LogP contribution in [0.1, 0.15) is 17.8 Å². The molecule has 0 saturated heterocycles. The van der Waals surface area contributed by atoms with Gasteiger partial charge in [-0.3, -0.25) is 4.98 Å². The van der Waals surface area contributed by atoms with Gasteiger partial charge in [-0.1, -0.05) is 0 Å². The maximum atomic E-state index is 8.93. The number of nitrogens with zero attached hydrogens (tertiary/aromatic N) is 2. The summed E-state index contributed by atoms with van der Waals surface area (Å²) in [6.07, 6.45) is 2.36. The molecular weight excluding hydrogens is 206 g/mol. The van der Waals surface area contributed by atoms with Crippen molar-refractivity contribution in [2.24, 2.45) is 0 Å². The molecule has 0 saturated carbocycles. The number of anilines is 1. The summed E-state index contributed by atoms with van der Waals surface area (Å²) >= 11 is 0. The van der Waals surface area contributed by atoms with Gasteiger partial charge >= 0.3 is 0 Å². The van der Waals surface area contributed by atoms with E-state index in [4.69, 9.17) is 9.84 Å². The van der Waals surface area contributed by atoms with Crippen LogP contribution in [0, 0.1) is 13.8 Å². The number of rotatable bonds is 6. The van der Waals surface area contributed by atoms with Gasteiger partial charge in [0.15, 0.2) is 0 Å². The van der Waals surface area contributed by atoms with E-state index in [1.165, 1.54) is 0 Å². The highest BCUT2D eigenvalue weighted by molar-refractivity contribution is 5.40. The molecule has 1 atom stereocenters. The summed E-state index contributed by atoms with van der Waals surface area (Å²) in [6, 6.07) is 0.0600. The van der Waals surface area contributed by atoms with Gasteiger partial charge in [0.1, 0.15) is 5.82 Å². The quantitative estimate of drug-likeness (QED) is 0.753. The lowest BCUT2D eigenvalue weighted by molar-refractivity contribution is 0.170. The summed E-state index contributed by atoms with van der Waals surface area (Å²) < 4.78 is 5.08. The van der Waals surface area contributed by atoms with Crippen LogP contribution in [0.5, 0.6) is 0 Å². The molecular formula is C11H19N3O2. The normalized spacial score (nSPS) is 12.5. The average Bonchev–Trinajstić information content (AvgIpc) is 2.24. The van der Waals surface area contributed by atoms with E-state index in [1.807, 2.05) is 13.8 Å². The van der Waals surface area contributed by atoms with E-state index in [1.54, 1.807) is 13.3 Å². The van der Waals surface area contributed by atoms with Crippen molar-refractivity contribution < 1.29 is 9.84 Å². The van der Waals surface area contributed by atoms with Crippen LogP contribution in [0.15, 0.2) is 6.20 Å². The first-order valence-corrected chi connectivity index (χ1v) is 5.34. The molecule has 0 amide bonds. The minimum Gasteiger partial charge on any atom is -0.396 e. The third-order valence-electron chi connectivity index (χ3n) is 2.26. The van der Waals surface area contributed by atoms with Gasteiger partial charge in [-0.25, -0.2) is 4.98 Å². The van der Waals surface area contributed by atoms with E-state index in [0.29, 0.717) is 13.0 Å². The number of hydrogen-bond donors (Lipinski definition) is 2. The molecule has 90 valence electrons. The lowest BCUT2D eigenvalue weighted by atomic mass is 10.2. The fourth-order valence-corrected chi connectivity index (χ4v) is 1.42. The van der Waals surface area contributed by atoms with Gasteiger partial charge < -0.3 is 15.2 Å². The molecule has 16 heavy (non-hydrogen) atoms. The van der Waals surface area contributed by atoms with E-state index in [9.17, 15) is 0 Å². The minimum atomic E-state index is 0.0600. The summed E-state index contributed by atoms with van der Waals surface area (Å²) in [5.74, 6) is 0.760. The zero-order valence-electron chi connectivity index (χ0n) is 10.0. The monoisotopic (exact) mass is 225 g/mol. The molecule has 5 nitrogen and oxygen atoms in total. The molecule has 0 aliphatic rings. The number of aryl methyl sites for hydroxylation is 2. The van der Waals surface area contributed by atoms with Crippen LogP contribution in [0.25, 0.3) is 0 Å². The number of hydrogen-bond acceptors (Lipinski definition) is 5. The Morgan fingerprint density at radius 3 is 2.88 bits per heavy atom. The van der Waals surface area contributed by atoms with Crippen LogP contribution in [-0.2, 0) is 4.74 Å². The van der Waals surface area contributed by atoms with Crippen molar-refractivity contribution in [3.05, 3.63) is 17.6 Å². The number of aliphatic hydroxyl groups is 1. The first kappa shape index (κ1) is 12.9.